The maximum Gasteiger partial charge on any atom is 0.394 e. The fourth-order valence-electron chi connectivity index (χ4n) is 10.3. The van der Waals surface area contributed by atoms with Crippen LogP contribution in [0.25, 0.3) is 0 Å². The fraction of sp³-hybridized carbons (Fsp3) is 0.905. The van der Waals surface area contributed by atoms with Crippen molar-refractivity contribution < 1.29 is 172 Å². The van der Waals surface area contributed by atoms with Crippen molar-refractivity contribution in [2.75, 3.05) is 40.5 Å². The van der Waals surface area contributed by atoms with Gasteiger partial charge in [0.15, 0.2) is 49.0 Å². The number of nitrogens with zero attached hydrogens (tertiary/aromatic N) is 4. The van der Waals surface area contributed by atoms with Gasteiger partial charge in [-0.05, 0) is 27.9 Å². The third-order valence-electron chi connectivity index (χ3n) is 15.0. The molecule has 0 aromatic carbocycles. The molecule has 0 aromatic rings. The normalized spacial score (nSPS) is 41.9. The first-order chi connectivity index (χ1) is 43.4. The van der Waals surface area contributed by atoms with Gasteiger partial charge in [-0.25, -0.2) is 20.0 Å². The summed E-state index contributed by atoms with van der Waals surface area (Å²) in [5.74, 6) is -2.01. The van der Waals surface area contributed by atoms with Crippen LogP contribution in [-0.2, 0) is 69.1 Å². The molecule has 6 fully saturated rings. The van der Waals surface area contributed by atoms with Crippen LogP contribution in [0.3, 0.4) is 0 Å². The molecule has 95 heavy (non-hydrogen) atoms. The van der Waals surface area contributed by atoms with E-state index in [4.69, 9.17) is 136 Å². The summed E-state index contributed by atoms with van der Waals surface area (Å²) in [4.78, 5) is 15.3. The van der Waals surface area contributed by atoms with E-state index in [2.05, 4.69) is 30.6 Å². The molecule has 0 bridgehead atoms. The smallest absolute Gasteiger partial charge is 0.394 e. The Kier molecular flexibility index (Phi) is 33.0. The lowest BCUT2D eigenvalue weighted by Crippen LogP contribution is -2.66. The summed E-state index contributed by atoms with van der Waals surface area (Å²) >= 11 is 0. The summed E-state index contributed by atoms with van der Waals surface area (Å²) in [6.07, 6.45) is -33.9. The van der Waals surface area contributed by atoms with Crippen molar-refractivity contribution in [2.24, 2.45) is 65.8 Å². The molecule has 2 saturated carbocycles. The highest BCUT2D eigenvalue weighted by atomic mass is 32.3. The molecule has 40 N–H and O–H groups in total. The highest BCUT2D eigenvalue weighted by Gasteiger charge is 2.63. The Morgan fingerprint density at radius 1 is 0.400 bits per heavy atom. The standard InChI is InChI=1S/2C21H41N7O12.3H2O4S/c2*1-5-21(36,4-30)16(40-17-9(26-2)13(34)10(31)6(3-29)38-17)18(37-5)39-15-8(28-20(24)25)11(32)7(27-19(22)23)12(33)14(15)35;3*1-5(2,3)4/h2*5-18,26,29-36H,3-4H2,1-2H3,(H4,22,23,27)(H4,24,25,28);3*(H2,1,2,3,4). The van der Waals surface area contributed by atoms with Crippen LogP contribution in [0.2, 0.25) is 0 Å². The molecule has 4 aliphatic heterocycles. The maximum atomic E-state index is 11.3. The first-order valence-electron chi connectivity index (χ1n) is 27.1. The second-order valence-corrected chi connectivity index (χ2v) is 24.1. The van der Waals surface area contributed by atoms with Gasteiger partial charge in [0.05, 0.1) is 50.7 Å². The molecule has 53 heteroatoms. The van der Waals surface area contributed by atoms with Crippen LogP contribution in [0.15, 0.2) is 20.0 Å². The molecule has 4 saturated heterocycles. The van der Waals surface area contributed by atoms with E-state index in [1.165, 1.54) is 27.9 Å². The van der Waals surface area contributed by atoms with Crippen LogP contribution in [0.4, 0.5) is 0 Å². The third-order valence-corrected chi connectivity index (χ3v) is 15.0. The molecule has 4 heterocycles. The van der Waals surface area contributed by atoms with Crippen molar-refractivity contribution >= 4 is 55.0 Å². The Morgan fingerprint density at radius 2 is 0.653 bits per heavy atom. The largest absolute Gasteiger partial charge is 0.394 e. The zero-order chi connectivity index (χ0) is 73.7. The first kappa shape index (κ1) is 86.7. The van der Waals surface area contributed by atoms with Gasteiger partial charge in [0, 0.05) is 0 Å². The molecule has 30 unspecified atom stereocenters. The van der Waals surface area contributed by atoms with Crippen molar-refractivity contribution in [1.29, 1.82) is 0 Å². The zero-order valence-electron chi connectivity index (χ0n) is 50.2. The number of nitrogens with two attached hydrogens (primary N) is 8. The second kappa shape index (κ2) is 36.1. The first-order valence-corrected chi connectivity index (χ1v) is 31.3. The molecular weight excluding hydrogens is 1370 g/mol. The number of nitrogens with one attached hydrogen (secondary N) is 2. The second-order valence-electron chi connectivity index (χ2n) is 21.4. The van der Waals surface area contributed by atoms with E-state index in [-0.39, 0.29) is 0 Å². The summed E-state index contributed by atoms with van der Waals surface area (Å²) in [5, 5.41) is 174. The highest BCUT2D eigenvalue weighted by Crippen LogP contribution is 2.41. The number of hydrogen-bond acceptors (Lipinski definition) is 36. The van der Waals surface area contributed by atoms with E-state index in [0.29, 0.717) is 0 Å². The van der Waals surface area contributed by atoms with Crippen LogP contribution in [0.1, 0.15) is 13.8 Å². The molecule has 30 atom stereocenters. The van der Waals surface area contributed by atoms with Gasteiger partial charge >= 0.3 is 31.2 Å². The Bertz CT molecular complexity index is 2620. The topological polar surface area (TPSA) is 903 Å². The van der Waals surface area contributed by atoms with Gasteiger partial charge in [-0.1, -0.05) is 0 Å². The molecular formula is C42H88N14O36S3. The van der Waals surface area contributed by atoms with Gasteiger partial charge < -0.3 is 176 Å². The zero-order valence-corrected chi connectivity index (χ0v) is 52.6. The predicted octanol–water partition coefficient (Wildman–Crippen LogP) is -18.7. The van der Waals surface area contributed by atoms with Crippen molar-refractivity contribution in [3.05, 3.63) is 0 Å². The molecule has 0 radical (unpaired) electrons. The Labute approximate surface area is 539 Å². The lowest BCUT2D eigenvalue weighted by molar-refractivity contribution is -0.317. The van der Waals surface area contributed by atoms with Crippen LogP contribution >= 0.6 is 0 Å². The lowest BCUT2D eigenvalue weighted by Gasteiger charge is -2.45. The van der Waals surface area contributed by atoms with Crippen molar-refractivity contribution in [2.45, 2.75) is 196 Å². The van der Waals surface area contributed by atoms with E-state index in [1.54, 1.807) is 0 Å². The van der Waals surface area contributed by atoms with Gasteiger partial charge in [-0.3, -0.25) is 27.3 Å². The molecule has 560 valence electrons. The Balaban J connectivity index is 0.000000531. The minimum atomic E-state index is -4.67. The minimum absolute atomic E-state index is 0.493. The minimum Gasteiger partial charge on any atom is -0.394 e. The Hall–Kier alpha value is -4.35. The van der Waals surface area contributed by atoms with E-state index in [0.717, 1.165) is 0 Å². The molecule has 0 amide bonds. The summed E-state index contributed by atoms with van der Waals surface area (Å²) in [7, 11) is -11.1. The van der Waals surface area contributed by atoms with Gasteiger partial charge in [0.25, 0.3) is 0 Å². The van der Waals surface area contributed by atoms with Crippen LogP contribution in [-0.4, -0.2) is 381 Å². The summed E-state index contributed by atoms with van der Waals surface area (Å²) in [6, 6.07) is -8.01. The van der Waals surface area contributed by atoms with Gasteiger partial charge in [-0.15, -0.1) is 0 Å². The number of aliphatic imine (C=N–C) groups is 4. The van der Waals surface area contributed by atoms with E-state index in [1.807, 2.05) is 0 Å². The molecule has 0 aromatic heterocycles. The number of aliphatic hydroxyl groups excluding tert-OH is 14. The third kappa shape index (κ3) is 23.9. The predicted molar refractivity (Wildman–Crippen MR) is 310 cm³/mol. The van der Waals surface area contributed by atoms with Crippen LogP contribution in [0.5, 0.6) is 0 Å². The molecule has 6 rings (SSSR count). The summed E-state index contributed by atoms with van der Waals surface area (Å²) in [5.41, 5.74) is 39.3. The Morgan fingerprint density at radius 3 is 0.874 bits per heavy atom. The summed E-state index contributed by atoms with van der Waals surface area (Å²) < 4.78 is 141. The molecule has 0 spiro atoms. The quantitative estimate of drug-likeness (QED) is 0.0344. The monoisotopic (exact) mass is 1460 g/mol. The van der Waals surface area contributed by atoms with Gasteiger partial charge in [0.2, 0.25) is 0 Å². The number of likely N-dealkylation sites (N-methyl/N-ethyl adjacent to an activating group) is 2. The van der Waals surface area contributed by atoms with E-state index in [9.17, 15) is 81.7 Å². The average molecular weight is 1460 g/mol. The van der Waals surface area contributed by atoms with E-state index >= 15 is 0 Å². The van der Waals surface area contributed by atoms with Gasteiger partial charge in [0.1, 0.15) is 133 Å². The van der Waals surface area contributed by atoms with Crippen molar-refractivity contribution in [3.8, 4) is 0 Å². The molecule has 50 nitrogen and oxygen atoms in total. The van der Waals surface area contributed by atoms with E-state index < -0.39 is 264 Å². The van der Waals surface area contributed by atoms with Crippen LogP contribution in [0, 0.1) is 0 Å². The van der Waals surface area contributed by atoms with Gasteiger partial charge in [-0.2, -0.15) is 25.3 Å². The molecule has 6 aliphatic rings. The molecule has 2 aliphatic carbocycles. The number of ether oxygens (including phenoxy) is 8. The average Bonchev–Trinajstić information content (AvgIpc) is 1.68. The number of guanidine groups is 4. The number of rotatable bonds is 18. The number of hydrogen-bond donors (Lipinski definition) is 32. The fourth-order valence-corrected chi connectivity index (χ4v) is 10.3. The lowest BCUT2D eigenvalue weighted by atomic mass is 9.81. The maximum absolute atomic E-state index is 11.3. The van der Waals surface area contributed by atoms with Crippen molar-refractivity contribution in [1.82, 2.24) is 10.6 Å². The number of aliphatic hydroxyl groups is 16. The SMILES string of the molecule is CNC1C(OC2C(OC3C(O)C(O)C(N=C(N)N)C(O)C3N=C(N)N)OC(C)C2(O)CO)OC(CO)C(O)C1O.CNC1C(OC2C(OC3C(O)C(O)C(N=C(N)N)C(O)C3N=C(N)N)OC(C)C2(O)CO)OC(CO)C(O)C1O.O=S(=O)(O)O.O=S(=O)(O)O.O=S(=O)(O)O. The van der Waals surface area contributed by atoms with Crippen molar-refractivity contribution in [3.63, 3.8) is 0 Å². The van der Waals surface area contributed by atoms with Crippen LogP contribution < -0.4 is 56.5 Å². The highest BCUT2D eigenvalue weighted by molar-refractivity contribution is 7.80. The summed E-state index contributed by atoms with van der Waals surface area (Å²) in [6.45, 7) is -0.397.